The van der Waals surface area contributed by atoms with Crippen LogP contribution in [0.5, 0.6) is 0 Å². The lowest BCUT2D eigenvalue weighted by Crippen LogP contribution is -2.44. The molecule has 2 aromatic rings. The second-order valence-electron chi connectivity index (χ2n) is 12.1. The fourth-order valence-electron chi connectivity index (χ4n) is 6.09. The van der Waals surface area contributed by atoms with E-state index in [4.69, 9.17) is 16.3 Å². The average molecular weight is 628 g/mol. The van der Waals surface area contributed by atoms with E-state index in [9.17, 15) is 19.2 Å². The topological polar surface area (TPSA) is 114 Å². The van der Waals surface area contributed by atoms with Crippen molar-refractivity contribution in [2.75, 3.05) is 6.54 Å². The minimum Gasteiger partial charge on any atom is -0.440 e. The van der Waals surface area contributed by atoms with Crippen LogP contribution in [-0.2, 0) is 24.5 Å². The van der Waals surface area contributed by atoms with Crippen molar-refractivity contribution >= 4 is 47.7 Å². The Kier molecular flexibility index (Phi) is 11.9. The van der Waals surface area contributed by atoms with Crippen molar-refractivity contribution in [2.45, 2.75) is 88.0 Å². The molecule has 0 radical (unpaired) electrons. The summed E-state index contributed by atoms with van der Waals surface area (Å²) in [5.41, 5.74) is 1.12. The van der Waals surface area contributed by atoms with Gasteiger partial charge in [-0.1, -0.05) is 100 Å². The smallest absolute Gasteiger partial charge is 0.417 e. The highest BCUT2D eigenvalue weighted by Gasteiger charge is 2.37. The summed E-state index contributed by atoms with van der Waals surface area (Å²) in [7, 11) is 0. The lowest BCUT2D eigenvalue weighted by Gasteiger charge is -2.35. The van der Waals surface area contributed by atoms with E-state index in [1.165, 1.54) is 6.42 Å². The van der Waals surface area contributed by atoms with Crippen LogP contribution in [0, 0.1) is 11.8 Å². The molecule has 10 heteroatoms. The molecular formula is C33H42ClN3O5S. The molecule has 2 fully saturated rings. The van der Waals surface area contributed by atoms with E-state index in [0.29, 0.717) is 36.6 Å². The Morgan fingerprint density at radius 3 is 2.47 bits per heavy atom. The molecule has 43 heavy (non-hydrogen) atoms. The lowest BCUT2D eigenvalue weighted by atomic mass is 9.76. The third-order valence-corrected chi connectivity index (χ3v) is 9.80. The summed E-state index contributed by atoms with van der Waals surface area (Å²) >= 11 is 7.32. The molecule has 1 aliphatic heterocycles. The minimum atomic E-state index is -0.774. The van der Waals surface area contributed by atoms with Gasteiger partial charge in [0.05, 0.1) is 6.04 Å². The van der Waals surface area contributed by atoms with E-state index < -0.39 is 28.9 Å². The Morgan fingerprint density at radius 2 is 1.81 bits per heavy atom. The number of halogens is 1. The second kappa shape index (κ2) is 15.6. The van der Waals surface area contributed by atoms with Crippen LogP contribution in [0.2, 0.25) is 5.02 Å². The van der Waals surface area contributed by atoms with Crippen LogP contribution < -0.4 is 15.4 Å². The molecule has 232 valence electrons. The molecule has 1 saturated heterocycles. The Hall–Kier alpha value is -3.04. The van der Waals surface area contributed by atoms with Crippen molar-refractivity contribution in [2.24, 2.45) is 11.8 Å². The SMILES string of the molecule is CC(C)(c1cccc(Cl)c1)C(OC(=O)NS[C@@H](CC1CCCCC1)C(=O)N[C@H](C=O)C[C@@H]1CCNC1=O)c1ccccc1. The molecule has 1 unspecified atom stereocenters. The van der Waals surface area contributed by atoms with Crippen LogP contribution in [0.4, 0.5) is 4.79 Å². The van der Waals surface area contributed by atoms with E-state index in [-0.39, 0.29) is 24.2 Å². The van der Waals surface area contributed by atoms with Crippen molar-refractivity contribution in [1.29, 1.82) is 0 Å². The first-order valence-electron chi connectivity index (χ1n) is 15.1. The van der Waals surface area contributed by atoms with Crippen molar-refractivity contribution in [1.82, 2.24) is 15.4 Å². The largest absolute Gasteiger partial charge is 0.440 e. The Morgan fingerprint density at radius 1 is 1.07 bits per heavy atom. The number of aldehydes is 1. The van der Waals surface area contributed by atoms with Crippen LogP contribution in [0.25, 0.3) is 0 Å². The van der Waals surface area contributed by atoms with Gasteiger partial charge in [0.25, 0.3) is 0 Å². The number of hydrogen-bond acceptors (Lipinski definition) is 6. The summed E-state index contributed by atoms with van der Waals surface area (Å²) in [5, 5.41) is 5.58. The van der Waals surface area contributed by atoms with Crippen molar-refractivity contribution in [3.63, 3.8) is 0 Å². The summed E-state index contributed by atoms with van der Waals surface area (Å²) in [6, 6.07) is 16.3. The van der Waals surface area contributed by atoms with Gasteiger partial charge in [-0.25, -0.2) is 4.79 Å². The molecule has 1 saturated carbocycles. The zero-order valence-corrected chi connectivity index (χ0v) is 26.4. The van der Waals surface area contributed by atoms with Gasteiger partial charge in [0.15, 0.2) is 0 Å². The molecule has 3 N–H and O–H groups in total. The van der Waals surface area contributed by atoms with Gasteiger partial charge in [-0.05, 0) is 60.4 Å². The predicted molar refractivity (Wildman–Crippen MR) is 170 cm³/mol. The van der Waals surface area contributed by atoms with Crippen molar-refractivity contribution in [3.05, 3.63) is 70.7 Å². The van der Waals surface area contributed by atoms with E-state index >= 15 is 0 Å². The standard InChI is InChI=1S/C33H42ClN3O5S/c1-33(2,25-14-9-15-26(34)20-25)29(23-12-7-4-8-13-23)42-32(41)37-43-28(18-22-10-5-3-6-11-22)31(40)36-27(21-38)19-24-16-17-35-30(24)39/h4,7-9,12-15,20-22,24,27-29H,3,5-6,10-11,16-19H2,1-2H3,(H,35,39)(H,36,40)(H,37,41)/t24-,27-,28-,29?/m0/s1. The average Bonchev–Trinajstić information content (AvgIpc) is 3.42. The molecule has 2 aromatic carbocycles. The summed E-state index contributed by atoms with van der Waals surface area (Å²) in [6.45, 7) is 4.58. The maximum Gasteiger partial charge on any atom is 0.417 e. The quantitative estimate of drug-likeness (QED) is 0.178. The fourth-order valence-corrected chi connectivity index (χ4v) is 7.11. The molecule has 0 spiro atoms. The number of carbonyl (C=O) groups is 4. The van der Waals surface area contributed by atoms with Crippen LogP contribution >= 0.6 is 23.5 Å². The van der Waals surface area contributed by atoms with Gasteiger partial charge in [0.1, 0.15) is 17.6 Å². The number of hydrogen-bond donors (Lipinski definition) is 3. The third kappa shape index (κ3) is 9.22. The maximum atomic E-state index is 13.5. The number of ether oxygens (including phenoxy) is 1. The molecule has 4 atom stereocenters. The lowest BCUT2D eigenvalue weighted by molar-refractivity contribution is -0.126. The number of carbonyl (C=O) groups excluding carboxylic acids is 4. The fraction of sp³-hybridized carbons (Fsp3) is 0.515. The van der Waals surface area contributed by atoms with Crippen LogP contribution in [0.1, 0.15) is 82.4 Å². The summed E-state index contributed by atoms with van der Waals surface area (Å²) < 4.78 is 8.85. The Bertz CT molecular complexity index is 1250. The molecule has 8 nitrogen and oxygen atoms in total. The van der Waals surface area contributed by atoms with Gasteiger partial charge in [0.2, 0.25) is 11.8 Å². The zero-order valence-electron chi connectivity index (χ0n) is 24.9. The third-order valence-electron chi connectivity index (χ3n) is 8.59. The zero-order chi connectivity index (χ0) is 30.8. The summed E-state index contributed by atoms with van der Waals surface area (Å²) in [6.07, 6.45) is 6.32. The van der Waals surface area contributed by atoms with Gasteiger partial charge in [-0.2, -0.15) is 0 Å². The number of amides is 3. The van der Waals surface area contributed by atoms with Crippen molar-refractivity contribution < 1.29 is 23.9 Å². The molecule has 4 rings (SSSR count). The van der Waals surface area contributed by atoms with E-state index in [1.807, 2.05) is 62.4 Å². The first-order chi connectivity index (χ1) is 20.7. The molecule has 0 aromatic heterocycles. The van der Waals surface area contributed by atoms with Gasteiger partial charge < -0.3 is 20.2 Å². The maximum absolute atomic E-state index is 13.5. The number of rotatable bonds is 13. The highest BCUT2D eigenvalue weighted by atomic mass is 35.5. The van der Waals surface area contributed by atoms with Gasteiger partial charge in [-0.3, -0.25) is 14.3 Å². The normalized spacial score (nSPS) is 19.5. The second-order valence-corrected chi connectivity index (χ2v) is 13.6. The van der Waals surface area contributed by atoms with Gasteiger partial charge in [-0.15, -0.1) is 0 Å². The Balaban J connectivity index is 1.46. The molecular weight excluding hydrogens is 586 g/mol. The summed E-state index contributed by atoms with van der Waals surface area (Å²) in [4.78, 5) is 50.7. The number of benzene rings is 2. The first-order valence-corrected chi connectivity index (χ1v) is 16.4. The Labute approximate surface area is 263 Å². The van der Waals surface area contributed by atoms with Crippen molar-refractivity contribution in [3.8, 4) is 0 Å². The van der Waals surface area contributed by atoms with Gasteiger partial charge in [0, 0.05) is 22.9 Å². The predicted octanol–water partition coefficient (Wildman–Crippen LogP) is 6.28. The molecule has 2 aliphatic rings. The van der Waals surface area contributed by atoms with Crippen LogP contribution in [-0.4, -0.2) is 42.0 Å². The minimum absolute atomic E-state index is 0.0905. The highest BCUT2D eigenvalue weighted by molar-refractivity contribution is 7.99. The molecule has 0 bridgehead atoms. The molecule has 1 heterocycles. The van der Waals surface area contributed by atoms with E-state index in [1.54, 1.807) is 6.07 Å². The van der Waals surface area contributed by atoms with Crippen LogP contribution in [0.15, 0.2) is 54.6 Å². The summed E-state index contributed by atoms with van der Waals surface area (Å²) in [5.74, 6) is -0.368. The van der Waals surface area contributed by atoms with E-state index in [0.717, 1.165) is 48.8 Å². The molecule has 3 amide bonds. The molecule has 1 aliphatic carbocycles. The van der Waals surface area contributed by atoms with E-state index in [2.05, 4.69) is 15.4 Å². The highest BCUT2D eigenvalue weighted by Crippen LogP contribution is 2.40. The van der Waals surface area contributed by atoms with Crippen LogP contribution in [0.3, 0.4) is 0 Å². The van der Waals surface area contributed by atoms with Gasteiger partial charge >= 0.3 is 6.09 Å². The monoisotopic (exact) mass is 627 g/mol. The number of nitrogens with one attached hydrogen (secondary N) is 3. The first kappa shape index (κ1) is 32.9.